The zero-order chi connectivity index (χ0) is 22.0. The average molecular weight is 424 g/mol. The van der Waals surface area contributed by atoms with Crippen LogP contribution in [-0.2, 0) is 7.05 Å². The highest BCUT2D eigenvalue weighted by Gasteiger charge is 2.25. The number of urea groups is 1. The van der Waals surface area contributed by atoms with Gasteiger partial charge in [0.1, 0.15) is 17.0 Å². The van der Waals surface area contributed by atoms with Crippen molar-refractivity contribution in [1.29, 1.82) is 0 Å². The molecule has 0 saturated carbocycles. The van der Waals surface area contributed by atoms with Gasteiger partial charge in [-0.25, -0.2) is 14.8 Å². The second-order valence-electron chi connectivity index (χ2n) is 7.12. The lowest BCUT2D eigenvalue weighted by Gasteiger charge is -2.35. The van der Waals surface area contributed by atoms with E-state index in [0.717, 1.165) is 0 Å². The molecule has 162 valence electrons. The summed E-state index contributed by atoms with van der Waals surface area (Å²) < 4.78 is 12.0. The van der Waals surface area contributed by atoms with Gasteiger partial charge in [0.15, 0.2) is 11.5 Å². The average Bonchev–Trinajstić information content (AvgIpc) is 2.81. The highest BCUT2D eigenvalue weighted by atomic mass is 16.5. The molecule has 10 heteroatoms. The molecule has 0 aliphatic carbocycles. The summed E-state index contributed by atoms with van der Waals surface area (Å²) in [6, 6.07) is 8.60. The Morgan fingerprint density at radius 1 is 1.10 bits per heavy atom. The topological polar surface area (TPSA) is 102 Å². The number of anilines is 2. The van der Waals surface area contributed by atoms with E-state index in [1.807, 2.05) is 11.0 Å². The Bertz CT molecular complexity index is 1170. The summed E-state index contributed by atoms with van der Waals surface area (Å²) in [6.45, 7) is 1.92. The lowest BCUT2D eigenvalue weighted by molar-refractivity contribution is 0.208. The SMILES string of the molecule is COc1ccc(NC(=O)N2CCN(c3nc4cccnc4n(C)c3=O)CC2)c(OC)c1. The maximum absolute atomic E-state index is 12.8. The van der Waals surface area contributed by atoms with Gasteiger partial charge in [-0.3, -0.25) is 9.36 Å². The van der Waals surface area contributed by atoms with Gasteiger partial charge in [0, 0.05) is 45.5 Å². The molecule has 4 rings (SSSR count). The first-order chi connectivity index (χ1) is 15.0. The molecule has 2 amide bonds. The first-order valence-corrected chi connectivity index (χ1v) is 9.86. The van der Waals surface area contributed by atoms with Gasteiger partial charge in [-0.2, -0.15) is 0 Å². The van der Waals surface area contributed by atoms with Gasteiger partial charge in [-0.05, 0) is 24.3 Å². The third kappa shape index (κ3) is 3.96. The number of piperazine rings is 1. The second kappa shape index (κ2) is 8.50. The van der Waals surface area contributed by atoms with Crippen LogP contribution >= 0.6 is 0 Å². The van der Waals surface area contributed by atoms with E-state index in [1.54, 1.807) is 49.5 Å². The molecule has 0 spiro atoms. The van der Waals surface area contributed by atoms with E-state index < -0.39 is 0 Å². The molecule has 0 bridgehead atoms. The summed E-state index contributed by atoms with van der Waals surface area (Å²) in [7, 11) is 4.80. The van der Waals surface area contributed by atoms with Crippen LogP contribution < -0.4 is 25.2 Å². The predicted octanol–water partition coefficient (Wildman–Crippen LogP) is 1.70. The van der Waals surface area contributed by atoms with Crippen molar-refractivity contribution in [2.24, 2.45) is 7.05 Å². The minimum absolute atomic E-state index is 0.202. The number of pyridine rings is 1. The fourth-order valence-corrected chi connectivity index (χ4v) is 3.57. The Morgan fingerprint density at radius 3 is 2.58 bits per heavy atom. The maximum atomic E-state index is 12.8. The van der Waals surface area contributed by atoms with Gasteiger partial charge in [0.25, 0.3) is 5.56 Å². The van der Waals surface area contributed by atoms with E-state index in [0.29, 0.717) is 60.3 Å². The van der Waals surface area contributed by atoms with E-state index in [-0.39, 0.29) is 11.6 Å². The number of benzene rings is 1. The summed E-state index contributed by atoms with van der Waals surface area (Å²) >= 11 is 0. The molecule has 0 atom stereocenters. The normalized spacial score (nSPS) is 13.9. The quantitative estimate of drug-likeness (QED) is 0.680. The summed E-state index contributed by atoms with van der Waals surface area (Å²) in [5, 5.41) is 2.88. The standard InChI is InChI=1S/C21H24N6O4/c1-25-18-16(5-4-8-22-18)23-19(20(25)28)26-9-11-27(12-10-26)21(29)24-15-7-6-14(30-2)13-17(15)31-3/h4-8,13H,9-12H2,1-3H3,(H,24,29). The molecule has 1 saturated heterocycles. The molecule has 3 aromatic rings. The lowest BCUT2D eigenvalue weighted by Crippen LogP contribution is -2.51. The van der Waals surface area contributed by atoms with E-state index in [4.69, 9.17) is 9.47 Å². The number of nitrogens with zero attached hydrogens (tertiary/aromatic N) is 5. The van der Waals surface area contributed by atoms with Crippen molar-refractivity contribution in [3.05, 3.63) is 46.9 Å². The molecule has 1 N–H and O–H groups in total. The highest BCUT2D eigenvalue weighted by Crippen LogP contribution is 2.29. The molecule has 0 radical (unpaired) electrons. The minimum Gasteiger partial charge on any atom is -0.497 e. The van der Waals surface area contributed by atoms with Gasteiger partial charge in [0.05, 0.1) is 19.9 Å². The fraction of sp³-hybridized carbons (Fsp3) is 0.333. The number of carbonyl (C=O) groups is 1. The van der Waals surface area contributed by atoms with Crippen molar-refractivity contribution < 1.29 is 14.3 Å². The smallest absolute Gasteiger partial charge is 0.322 e. The molecule has 1 aliphatic heterocycles. The van der Waals surface area contributed by atoms with Crippen molar-refractivity contribution in [2.45, 2.75) is 0 Å². The van der Waals surface area contributed by atoms with Crippen LogP contribution in [0.15, 0.2) is 41.3 Å². The summed E-state index contributed by atoms with van der Waals surface area (Å²) in [4.78, 5) is 37.9. The number of aromatic nitrogens is 3. The first-order valence-electron chi connectivity index (χ1n) is 9.86. The zero-order valence-electron chi connectivity index (χ0n) is 17.7. The third-order valence-electron chi connectivity index (χ3n) is 5.32. The molecule has 2 aromatic heterocycles. The molecular formula is C21H24N6O4. The molecule has 3 heterocycles. The molecule has 1 aliphatic rings. The van der Waals surface area contributed by atoms with Gasteiger partial charge in [-0.15, -0.1) is 0 Å². The van der Waals surface area contributed by atoms with Gasteiger partial charge in [0.2, 0.25) is 0 Å². The van der Waals surface area contributed by atoms with Gasteiger partial charge in [-0.1, -0.05) is 0 Å². The van der Waals surface area contributed by atoms with E-state index >= 15 is 0 Å². The van der Waals surface area contributed by atoms with Crippen LogP contribution in [0.25, 0.3) is 11.2 Å². The first kappa shape index (κ1) is 20.5. The molecule has 31 heavy (non-hydrogen) atoms. The maximum Gasteiger partial charge on any atom is 0.322 e. The molecule has 0 unspecified atom stereocenters. The largest absolute Gasteiger partial charge is 0.497 e. The number of methoxy groups -OCH3 is 2. The predicted molar refractivity (Wildman–Crippen MR) is 117 cm³/mol. The number of amides is 2. The van der Waals surface area contributed by atoms with Crippen molar-refractivity contribution in [3.8, 4) is 11.5 Å². The number of ether oxygens (including phenoxy) is 2. The van der Waals surface area contributed by atoms with E-state index in [1.165, 1.54) is 11.7 Å². The Kier molecular flexibility index (Phi) is 5.61. The van der Waals surface area contributed by atoms with Crippen LogP contribution in [0.3, 0.4) is 0 Å². The Balaban J connectivity index is 1.46. The fourth-order valence-electron chi connectivity index (χ4n) is 3.57. The Morgan fingerprint density at radius 2 is 1.87 bits per heavy atom. The zero-order valence-corrected chi connectivity index (χ0v) is 17.7. The Hall–Kier alpha value is -3.82. The third-order valence-corrected chi connectivity index (χ3v) is 5.32. The summed E-state index contributed by atoms with van der Waals surface area (Å²) in [5.41, 5.74) is 1.56. The van der Waals surface area contributed by atoms with Crippen LogP contribution in [0.2, 0.25) is 0 Å². The number of aryl methyl sites for hydroxylation is 1. The minimum atomic E-state index is -0.230. The van der Waals surface area contributed by atoms with Crippen LogP contribution in [0, 0.1) is 0 Å². The van der Waals surface area contributed by atoms with Gasteiger partial charge >= 0.3 is 6.03 Å². The van der Waals surface area contributed by atoms with Crippen LogP contribution in [-0.4, -0.2) is 65.9 Å². The molecular weight excluding hydrogens is 400 g/mol. The number of hydrogen-bond donors (Lipinski definition) is 1. The van der Waals surface area contributed by atoms with E-state index in [9.17, 15) is 9.59 Å². The molecule has 10 nitrogen and oxygen atoms in total. The number of rotatable bonds is 4. The summed E-state index contributed by atoms with van der Waals surface area (Å²) in [5.74, 6) is 1.53. The molecule has 1 aromatic carbocycles. The monoisotopic (exact) mass is 424 g/mol. The van der Waals surface area contributed by atoms with Crippen molar-refractivity contribution >= 4 is 28.7 Å². The number of carbonyl (C=O) groups excluding carboxylic acids is 1. The highest BCUT2D eigenvalue weighted by molar-refractivity contribution is 5.91. The van der Waals surface area contributed by atoms with Crippen LogP contribution in [0.4, 0.5) is 16.3 Å². The number of fused-ring (bicyclic) bond motifs is 1. The van der Waals surface area contributed by atoms with Crippen LogP contribution in [0.1, 0.15) is 0 Å². The van der Waals surface area contributed by atoms with Crippen molar-refractivity contribution in [1.82, 2.24) is 19.4 Å². The van der Waals surface area contributed by atoms with E-state index in [2.05, 4.69) is 15.3 Å². The lowest BCUT2D eigenvalue weighted by atomic mass is 10.2. The Labute approximate surface area is 179 Å². The van der Waals surface area contributed by atoms with Crippen LogP contribution in [0.5, 0.6) is 11.5 Å². The van der Waals surface area contributed by atoms with Crippen molar-refractivity contribution in [2.75, 3.05) is 50.6 Å². The molecule has 1 fully saturated rings. The number of hydrogen-bond acceptors (Lipinski definition) is 7. The number of nitrogens with one attached hydrogen (secondary N) is 1. The summed E-state index contributed by atoms with van der Waals surface area (Å²) in [6.07, 6.45) is 1.64. The van der Waals surface area contributed by atoms with Crippen molar-refractivity contribution in [3.63, 3.8) is 0 Å². The van der Waals surface area contributed by atoms with Gasteiger partial charge < -0.3 is 24.6 Å². The second-order valence-corrected chi connectivity index (χ2v) is 7.12.